The van der Waals surface area contributed by atoms with Crippen LogP contribution in [-0.2, 0) is 65.4 Å². The minimum atomic E-state index is -4.95. The van der Waals surface area contributed by atoms with Crippen molar-refractivity contribution in [2.45, 2.75) is 369 Å². The van der Waals surface area contributed by atoms with Crippen LogP contribution in [0, 0.1) is 17.8 Å². The van der Waals surface area contributed by atoms with E-state index in [4.69, 9.17) is 37.0 Å². The molecule has 4 unspecified atom stereocenters. The molecule has 528 valence electrons. The molecule has 3 N–H and O–H groups in total. The molecule has 0 rings (SSSR count). The summed E-state index contributed by atoms with van der Waals surface area (Å²) in [6.07, 6.45) is 44.2. The van der Waals surface area contributed by atoms with Crippen LogP contribution in [0.15, 0.2) is 0 Å². The predicted octanol–water partition coefficient (Wildman–Crippen LogP) is 19.8. The monoisotopic (exact) mass is 1310 g/mol. The van der Waals surface area contributed by atoms with Gasteiger partial charge >= 0.3 is 39.5 Å². The van der Waals surface area contributed by atoms with Crippen molar-refractivity contribution in [3.05, 3.63) is 0 Å². The molecule has 0 saturated heterocycles. The molecule has 0 aliphatic carbocycles. The van der Waals surface area contributed by atoms with Crippen molar-refractivity contribution in [3.63, 3.8) is 0 Å². The highest BCUT2D eigenvalue weighted by Gasteiger charge is 2.30. The number of aliphatic hydroxyl groups is 1. The first kappa shape index (κ1) is 87.1. The molecule has 19 heteroatoms. The summed E-state index contributed by atoms with van der Waals surface area (Å²) in [5, 5.41) is 10.6. The fraction of sp³-hybridized carbons (Fsp3) is 0.943. The number of carbonyl (C=O) groups is 4. The van der Waals surface area contributed by atoms with Crippen molar-refractivity contribution in [1.82, 2.24) is 0 Å². The number of carbonyl (C=O) groups excluding carboxylic acids is 4. The van der Waals surface area contributed by atoms with Gasteiger partial charge in [0.2, 0.25) is 0 Å². The molecule has 0 spiro atoms. The zero-order valence-electron chi connectivity index (χ0n) is 57.9. The number of hydrogen-bond donors (Lipinski definition) is 3. The number of phosphoric acid groups is 2. The normalized spacial score (nSPS) is 14.8. The van der Waals surface area contributed by atoms with Crippen LogP contribution in [0.4, 0.5) is 0 Å². The van der Waals surface area contributed by atoms with Gasteiger partial charge in [-0.15, -0.1) is 0 Å². The van der Waals surface area contributed by atoms with Crippen molar-refractivity contribution in [3.8, 4) is 0 Å². The molecule has 0 aliphatic heterocycles. The Labute approximate surface area is 543 Å². The Kier molecular flexibility index (Phi) is 59.6. The standard InChI is InChI=1S/C70H136O17P2/c1-8-11-12-13-14-15-16-22-30-37-44-51-67(72)80-58-66(87-70(75)54-47-40-33-26-25-29-36-43-50-63(7)10-3)60-85-89(78,79)83-56-64(71)55-82-88(76,77)84-59-65(57-81-68(73)52-45-38-31-24-19-20-27-34-41-48-61(4)5)86-69(74)53-46-39-32-23-18-17-21-28-35-42-49-62(6)9-2/h61-66,71H,8-60H2,1-7H3,(H,76,77)(H,78,79)/t62?,63?,64-,65-,66-/m1/s1. The Balaban J connectivity index is 5.27. The zero-order valence-corrected chi connectivity index (χ0v) is 59.7. The summed E-state index contributed by atoms with van der Waals surface area (Å²) >= 11 is 0. The van der Waals surface area contributed by atoms with E-state index in [-0.39, 0.29) is 25.7 Å². The molecule has 0 aromatic heterocycles. The van der Waals surface area contributed by atoms with Crippen LogP contribution in [0.5, 0.6) is 0 Å². The molecule has 0 aliphatic rings. The molecular formula is C70H136O17P2. The quantitative estimate of drug-likeness (QED) is 0.0222. The molecule has 89 heavy (non-hydrogen) atoms. The summed E-state index contributed by atoms with van der Waals surface area (Å²) < 4.78 is 68.3. The van der Waals surface area contributed by atoms with Gasteiger partial charge in [-0.2, -0.15) is 0 Å². The smallest absolute Gasteiger partial charge is 0.462 e. The Bertz CT molecular complexity index is 1750. The summed E-state index contributed by atoms with van der Waals surface area (Å²) in [4.78, 5) is 72.6. The van der Waals surface area contributed by atoms with Crippen molar-refractivity contribution >= 4 is 39.5 Å². The van der Waals surface area contributed by atoms with Gasteiger partial charge in [0.25, 0.3) is 0 Å². The Morgan fingerprint density at radius 3 is 0.854 bits per heavy atom. The molecule has 17 nitrogen and oxygen atoms in total. The highest BCUT2D eigenvalue weighted by atomic mass is 31.2. The summed E-state index contributed by atoms with van der Waals surface area (Å²) in [6, 6.07) is 0. The molecule has 7 atom stereocenters. The fourth-order valence-corrected chi connectivity index (χ4v) is 12.1. The van der Waals surface area contributed by atoms with Gasteiger partial charge in [0.05, 0.1) is 26.4 Å². The summed E-state index contributed by atoms with van der Waals surface area (Å²) in [7, 11) is -9.90. The molecular weight excluding hydrogens is 1170 g/mol. The molecule has 0 aromatic rings. The SMILES string of the molecule is CCCCCCCCCCCCCC(=O)OC[C@H](COP(=O)(O)OC[C@H](O)COP(=O)(O)OC[C@@H](COC(=O)CCCCCCCCCCCC(C)C)OC(=O)CCCCCCCCCCCCC(C)CC)OC(=O)CCCCCCCCCCC(C)CC. The Hall–Kier alpha value is -1.94. The van der Waals surface area contributed by atoms with E-state index in [0.717, 1.165) is 108 Å². The van der Waals surface area contributed by atoms with E-state index in [9.17, 15) is 43.2 Å². The topological polar surface area (TPSA) is 237 Å². The second-order valence-corrected chi connectivity index (χ2v) is 29.1. The van der Waals surface area contributed by atoms with Crippen LogP contribution in [0.2, 0.25) is 0 Å². The average molecular weight is 1310 g/mol. The van der Waals surface area contributed by atoms with Crippen LogP contribution in [0.1, 0.15) is 350 Å². The maximum atomic E-state index is 13.0. The van der Waals surface area contributed by atoms with Crippen molar-refractivity contribution in [1.29, 1.82) is 0 Å². The number of phosphoric ester groups is 2. The summed E-state index contributed by atoms with van der Waals surface area (Å²) in [5.74, 6) is 0.190. The number of esters is 4. The molecule has 0 fully saturated rings. The van der Waals surface area contributed by atoms with Crippen LogP contribution in [0.25, 0.3) is 0 Å². The average Bonchev–Trinajstić information content (AvgIpc) is 3.67. The first-order valence-corrected chi connectivity index (χ1v) is 39.4. The third-order valence-corrected chi connectivity index (χ3v) is 18.8. The molecule has 0 radical (unpaired) electrons. The number of rotatable bonds is 68. The lowest BCUT2D eigenvalue weighted by Gasteiger charge is -2.21. The summed E-state index contributed by atoms with van der Waals surface area (Å²) in [5.41, 5.74) is 0. The summed E-state index contributed by atoms with van der Waals surface area (Å²) in [6.45, 7) is 11.8. The van der Waals surface area contributed by atoms with E-state index >= 15 is 0 Å². The number of ether oxygens (including phenoxy) is 4. The van der Waals surface area contributed by atoms with Gasteiger partial charge in [-0.05, 0) is 43.4 Å². The van der Waals surface area contributed by atoms with Gasteiger partial charge in [0.1, 0.15) is 19.3 Å². The molecule has 0 bridgehead atoms. The van der Waals surface area contributed by atoms with Crippen LogP contribution >= 0.6 is 15.6 Å². The van der Waals surface area contributed by atoms with E-state index < -0.39 is 97.5 Å². The van der Waals surface area contributed by atoms with Gasteiger partial charge < -0.3 is 33.8 Å². The lowest BCUT2D eigenvalue weighted by molar-refractivity contribution is -0.161. The fourth-order valence-electron chi connectivity index (χ4n) is 10.5. The van der Waals surface area contributed by atoms with Gasteiger partial charge in [-0.1, -0.05) is 299 Å². The second-order valence-electron chi connectivity index (χ2n) is 26.2. The van der Waals surface area contributed by atoms with Crippen molar-refractivity contribution in [2.24, 2.45) is 17.8 Å². The van der Waals surface area contributed by atoms with Crippen molar-refractivity contribution in [2.75, 3.05) is 39.6 Å². The minimum absolute atomic E-state index is 0.105. The number of aliphatic hydroxyl groups excluding tert-OH is 1. The van der Waals surface area contributed by atoms with Gasteiger partial charge in [-0.25, -0.2) is 9.13 Å². The third kappa shape index (κ3) is 62.0. The lowest BCUT2D eigenvalue weighted by Crippen LogP contribution is -2.30. The molecule has 0 saturated carbocycles. The van der Waals surface area contributed by atoms with Crippen molar-refractivity contribution < 1.29 is 80.2 Å². The van der Waals surface area contributed by atoms with E-state index in [2.05, 4.69) is 48.5 Å². The van der Waals surface area contributed by atoms with E-state index in [0.29, 0.717) is 25.7 Å². The van der Waals surface area contributed by atoms with E-state index in [1.54, 1.807) is 0 Å². The number of unbranched alkanes of at least 4 members (excludes halogenated alkanes) is 34. The first-order chi connectivity index (χ1) is 42.8. The van der Waals surface area contributed by atoms with Gasteiger partial charge in [0, 0.05) is 25.7 Å². The Morgan fingerprint density at radius 2 is 0.573 bits per heavy atom. The molecule has 0 aromatic carbocycles. The maximum absolute atomic E-state index is 13.0. The highest BCUT2D eigenvalue weighted by molar-refractivity contribution is 7.47. The largest absolute Gasteiger partial charge is 0.472 e. The highest BCUT2D eigenvalue weighted by Crippen LogP contribution is 2.45. The van der Waals surface area contributed by atoms with Crippen LogP contribution in [-0.4, -0.2) is 96.7 Å². The second kappa shape index (κ2) is 61.0. The maximum Gasteiger partial charge on any atom is 0.472 e. The van der Waals surface area contributed by atoms with Crippen LogP contribution in [0.3, 0.4) is 0 Å². The van der Waals surface area contributed by atoms with Gasteiger partial charge in [-0.3, -0.25) is 37.3 Å². The zero-order chi connectivity index (χ0) is 65.9. The number of hydrogen-bond acceptors (Lipinski definition) is 15. The van der Waals surface area contributed by atoms with Crippen LogP contribution < -0.4 is 0 Å². The molecule has 0 heterocycles. The van der Waals surface area contributed by atoms with E-state index in [1.165, 1.54) is 161 Å². The Morgan fingerprint density at radius 1 is 0.326 bits per heavy atom. The van der Waals surface area contributed by atoms with E-state index in [1.807, 2.05) is 0 Å². The predicted molar refractivity (Wildman–Crippen MR) is 358 cm³/mol. The first-order valence-electron chi connectivity index (χ1n) is 36.4. The third-order valence-electron chi connectivity index (χ3n) is 16.9. The van der Waals surface area contributed by atoms with Gasteiger partial charge in [0.15, 0.2) is 12.2 Å². The lowest BCUT2D eigenvalue weighted by atomic mass is 9.99. The molecule has 0 amide bonds. The minimum Gasteiger partial charge on any atom is -0.462 e.